The third-order valence-electron chi connectivity index (χ3n) is 1.98. The van der Waals surface area contributed by atoms with Gasteiger partial charge in [0.15, 0.2) is 0 Å². The maximum absolute atomic E-state index is 11.1. The first-order valence-corrected chi connectivity index (χ1v) is 7.82. The maximum Gasteiger partial charge on any atom is 0.235 e. The van der Waals surface area contributed by atoms with Crippen molar-refractivity contribution in [3.8, 4) is 0 Å². The lowest BCUT2D eigenvalue weighted by molar-refractivity contribution is -0.113. The number of hydrogen-bond donors (Lipinski definition) is 1. The summed E-state index contributed by atoms with van der Waals surface area (Å²) in [5.41, 5.74) is 2.01. The predicted octanol–water partition coefficient (Wildman–Crippen LogP) is 3.14. The van der Waals surface area contributed by atoms with Crippen molar-refractivity contribution in [1.29, 1.82) is 0 Å². The van der Waals surface area contributed by atoms with Crippen molar-refractivity contribution in [2.45, 2.75) is 0 Å². The van der Waals surface area contributed by atoms with E-state index >= 15 is 0 Å². The van der Waals surface area contributed by atoms with Crippen LogP contribution in [0.25, 0.3) is 0 Å². The Morgan fingerprint density at radius 3 is 2.50 bits per heavy atom. The van der Waals surface area contributed by atoms with Gasteiger partial charge in [0.2, 0.25) is 5.91 Å². The largest absolute Gasteiger partial charge is 0.325 e. The van der Waals surface area contributed by atoms with E-state index in [-0.39, 0.29) is 5.91 Å². The van der Waals surface area contributed by atoms with Gasteiger partial charge >= 0.3 is 0 Å². The van der Waals surface area contributed by atoms with Gasteiger partial charge in [0.1, 0.15) is 0 Å². The lowest BCUT2D eigenvalue weighted by Gasteiger charge is -2.14. The molecule has 6 heteroatoms. The Labute approximate surface area is 112 Å². The average molecular weight is 319 g/mol. The van der Waals surface area contributed by atoms with Gasteiger partial charge in [0.25, 0.3) is 0 Å². The summed E-state index contributed by atoms with van der Waals surface area (Å²) in [5, 5.41) is 3.12. The van der Waals surface area contributed by atoms with Gasteiger partial charge in [-0.25, -0.2) is 0 Å². The summed E-state index contributed by atoms with van der Waals surface area (Å²) in [6, 6.07) is 7.90. The van der Waals surface area contributed by atoms with Crippen molar-refractivity contribution in [3.05, 3.63) is 24.3 Å². The molecule has 1 aliphatic rings. The highest BCUT2D eigenvalue weighted by Crippen LogP contribution is 2.36. The van der Waals surface area contributed by atoms with E-state index in [1.807, 2.05) is 48.2 Å². The van der Waals surface area contributed by atoms with Crippen LogP contribution in [0.3, 0.4) is 0 Å². The zero-order valence-corrected chi connectivity index (χ0v) is 11.7. The van der Waals surface area contributed by atoms with E-state index in [2.05, 4.69) is 25.0 Å². The number of nitrogens with one attached hydrogen (secondary N) is 1. The van der Waals surface area contributed by atoms with Crippen LogP contribution in [-0.4, -0.2) is 22.7 Å². The summed E-state index contributed by atoms with van der Waals surface area (Å²) in [4.78, 5) is 11.1. The van der Waals surface area contributed by atoms with Gasteiger partial charge in [-0.05, 0) is 48.2 Å². The number of carbonyl (C=O) groups excluding carboxylic acids is 1. The standard InChI is InChI=1S/C10H11BrN2OS2/c11-7-10(14)12-8-1-3-9(4-2-8)13-15-5-6-16-13/h1-4H,5-7H2,(H,12,14). The molecule has 1 aromatic carbocycles. The molecule has 1 N–H and O–H groups in total. The van der Waals surface area contributed by atoms with E-state index < -0.39 is 0 Å². The molecule has 1 heterocycles. The first-order valence-electron chi connectivity index (χ1n) is 4.81. The summed E-state index contributed by atoms with van der Waals surface area (Å²) in [7, 11) is 0. The van der Waals surface area contributed by atoms with Crippen LogP contribution in [0.1, 0.15) is 0 Å². The number of anilines is 2. The molecule has 0 aromatic heterocycles. The van der Waals surface area contributed by atoms with E-state index in [4.69, 9.17) is 0 Å². The quantitative estimate of drug-likeness (QED) is 0.685. The third kappa shape index (κ3) is 3.09. The summed E-state index contributed by atoms with van der Waals surface area (Å²) in [6.45, 7) is 0. The first kappa shape index (κ1) is 12.1. The molecule has 0 saturated carbocycles. The second-order valence-corrected chi connectivity index (χ2v) is 6.01. The highest BCUT2D eigenvalue weighted by atomic mass is 79.9. The fraction of sp³-hybridized carbons (Fsp3) is 0.300. The SMILES string of the molecule is O=C(CBr)Nc1ccc(N2SCCS2)cc1. The van der Waals surface area contributed by atoms with Gasteiger partial charge in [0, 0.05) is 17.2 Å². The summed E-state index contributed by atoms with van der Waals surface area (Å²) >= 11 is 6.76. The molecule has 0 atom stereocenters. The Morgan fingerprint density at radius 2 is 1.94 bits per heavy atom. The van der Waals surface area contributed by atoms with E-state index in [1.165, 1.54) is 5.69 Å². The molecular weight excluding hydrogens is 308 g/mol. The number of benzene rings is 1. The van der Waals surface area contributed by atoms with Crippen LogP contribution in [0, 0.1) is 0 Å². The minimum Gasteiger partial charge on any atom is -0.325 e. The molecule has 3 nitrogen and oxygen atoms in total. The fourth-order valence-corrected chi connectivity index (χ4v) is 3.64. The molecule has 0 spiro atoms. The molecule has 0 radical (unpaired) electrons. The van der Waals surface area contributed by atoms with Crippen molar-refractivity contribution >= 4 is 57.1 Å². The topological polar surface area (TPSA) is 32.3 Å². The number of amides is 1. The summed E-state index contributed by atoms with van der Waals surface area (Å²) in [6.07, 6.45) is 0. The van der Waals surface area contributed by atoms with Crippen LogP contribution >= 0.6 is 39.8 Å². The molecule has 0 bridgehead atoms. The highest BCUT2D eigenvalue weighted by Gasteiger charge is 2.14. The number of carbonyl (C=O) groups is 1. The normalized spacial score (nSPS) is 15.2. The van der Waals surface area contributed by atoms with Gasteiger partial charge in [0.05, 0.1) is 11.0 Å². The number of hydrogen-bond acceptors (Lipinski definition) is 4. The first-order chi connectivity index (χ1) is 7.79. The summed E-state index contributed by atoms with van der Waals surface area (Å²) in [5.74, 6) is 2.29. The second-order valence-electron chi connectivity index (χ2n) is 3.15. The summed E-state index contributed by atoms with van der Waals surface area (Å²) < 4.78 is 2.20. The van der Waals surface area contributed by atoms with Crippen LogP contribution in [0.15, 0.2) is 24.3 Å². The molecule has 1 saturated heterocycles. The predicted molar refractivity (Wildman–Crippen MR) is 76.3 cm³/mol. The third-order valence-corrected chi connectivity index (χ3v) is 5.05. The number of alkyl halides is 1. The minimum atomic E-state index is -0.0299. The molecule has 2 rings (SSSR count). The minimum absolute atomic E-state index is 0.0299. The highest BCUT2D eigenvalue weighted by molar-refractivity contribution is 9.09. The Hall–Kier alpha value is -0.330. The van der Waals surface area contributed by atoms with E-state index in [9.17, 15) is 4.79 Å². The van der Waals surface area contributed by atoms with Crippen molar-refractivity contribution in [1.82, 2.24) is 0 Å². The van der Waals surface area contributed by atoms with Crippen molar-refractivity contribution < 1.29 is 4.79 Å². The zero-order chi connectivity index (χ0) is 11.4. The van der Waals surface area contributed by atoms with Crippen LogP contribution in [-0.2, 0) is 4.79 Å². The van der Waals surface area contributed by atoms with Crippen molar-refractivity contribution in [2.75, 3.05) is 25.9 Å². The lowest BCUT2D eigenvalue weighted by atomic mass is 10.3. The average Bonchev–Trinajstić information content (AvgIpc) is 2.83. The van der Waals surface area contributed by atoms with Gasteiger partial charge in [-0.1, -0.05) is 15.9 Å². The molecule has 16 heavy (non-hydrogen) atoms. The number of halogens is 1. The van der Waals surface area contributed by atoms with Crippen LogP contribution < -0.4 is 9.03 Å². The van der Waals surface area contributed by atoms with Gasteiger partial charge in [-0.3, -0.25) is 8.51 Å². The molecule has 0 unspecified atom stereocenters. The van der Waals surface area contributed by atoms with Crippen LogP contribution in [0.4, 0.5) is 11.4 Å². The molecule has 1 amide bonds. The second kappa shape index (κ2) is 5.84. The van der Waals surface area contributed by atoms with E-state index in [0.29, 0.717) is 5.33 Å². The van der Waals surface area contributed by atoms with Gasteiger partial charge in [-0.15, -0.1) is 0 Å². The van der Waals surface area contributed by atoms with Crippen molar-refractivity contribution in [2.24, 2.45) is 0 Å². The van der Waals surface area contributed by atoms with Crippen LogP contribution in [0.5, 0.6) is 0 Å². The number of nitrogens with zero attached hydrogens (tertiary/aromatic N) is 1. The van der Waals surface area contributed by atoms with Gasteiger partial charge in [-0.2, -0.15) is 0 Å². The maximum atomic E-state index is 11.1. The van der Waals surface area contributed by atoms with Crippen LogP contribution in [0.2, 0.25) is 0 Å². The van der Waals surface area contributed by atoms with E-state index in [1.54, 1.807) is 0 Å². The lowest BCUT2D eigenvalue weighted by Crippen LogP contribution is -2.12. The molecular formula is C10H11BrN2OS2. The smallest absolute Gasteiger partial charge is 0.235 e. The Kier molecular flexibility index (Phi) is 4.43. The van der Waals surface area contributed by atoms with Gasteiger partial charge < -0.3 is 5.32 Å². The molecule has 1 fully saturated rings. The zero-order valence-electron chi connectivity index (χ0n) is 8.48. The van der Waals surface area contributed by atoms with Crippen molar-refractivity contribution in [3.63, 3.8) is 0 Å². The molecule has 1 aliphatic heterocycles. The Morgan fingerprint density at radius 1 is 1.31 bits per heavy atom. The molecule has 86 valence electrons. The Bertz CT molecular complexity index is 366. The molecule has 0 aliphatic carbocycles. The fourth-order valence-electron chi connectivity index (χ4n) is 1.29. The Balaban J connectivity index is 2.01. The van der Waals surface area contributed by atoms with E-state index in [0.717, 1.165) is 17.2 Å². The number of rotatable bonds is 3. The monoisotopic (exact) mass is 318 g/mol. The molecule has 1 aromatic rings.